The first-order valence-electron chi connectivity index (χ1n) is 6.81. The highest BCUT2D eigenvalue weighted by Crippen LogP contribution is 2.05. The van der Waals surface area contributed by atoms with Crippen LogP contribution in [-0.4, -0.2) is 17.8 Å². The summed E-state index contributed by atoms with van der Waals surface area (Å²) in [5.74, 6) is 0. The van der Waals surface area contributed by atoms with E-state index in [2.05, 4.69) is 29.6 Å². The molecule has 2 nitrogen and oxygen atoms in total. The van der Waals surface area contributed by atoms with Gasteiger partial charge in [0.1, 0.15) is 0 Å². The van der Waals surface area contributed by atoms with Gasteiger partial charge in [-0.05, 0) is 24.0 Å². The van der Waals surface area contributed by atoms with Crippen LogP contribution in [0, 0.1) is 0 Å². The predicted octanol–water partition coefficient (Wildman–Crippen LogP) is 2.77. The van der Waals surface area contributed by atoms with Gasteiger partial charge in [-0.15, -0.1) is 0 Å². The van der Waals surface area contributed by atoms with Crippen LogP contribution < -0.4 is 5.32 Å². The summed E-state index contributed by atoms with van der Waals surface area (Å²) in [5, 5.41) is 13.2. The van der Waals surface area contributed by atoms with Crippen LogP contribution in [0.3, 0.4) is 0 Å². The number of benzene rings is 2. The minimum Gasteiger partial charge on any atom is -0.392 e. The van der Waals surface area contributed by atoms with Crippen molar-refractivity contribution in [2.24, 2.45) is 0 Å². The van der Waals surface area contributed by atoms with E-state index >= 15 is 0 Å². The molecule has 0 aliphatic heterocycles. The summed E-state index contributed by atoms with van der Waals surface area (Å²) < 4.78 is 0. The molecule has 2 heteroatoms. The van der Waals surface area contributed by atoms with Crippen LogP contribution in [0.15, 0.2) is 60.7 Å². The van der Waals surface area contributed by atoms with E-state index in [4.69, 9.17) is 0 Å². The third-order valence-electron chi connectivity index (χ3n) is 3.16. The fourth-order valence-corrected chi connectivity index (χ4v) is 2.06. The van der Waals surface area contributed by atoms with Crippen molar-refractivity contribution in [3.05, 3.63) is 71.8 Å². The smallest absolute Gasteiger partial charge is 0.0667 e. The standard InChI is InChI=1S/C17H21NO/c19-17(12-11-15-7-3-1-4-8-15)14-18-13-16-9-5-2-6-10-16/h1-10,17-19H,11-14H2. The zero-order valence-corrected chi connectivity index (χ0v) is 11.1. The summed E-state index contributed by atoms with van der Waals surface area (Å²) in [6, 6.07) is 20.5. The fourth-order valence-electron chi connectivity index (χ4n) is 2.06. The highest BCUT2D eigenvalue weighted by Gasteiger charge is 2.04. The van der Waals surface area contributed by atoms with Gasteiger partial charge in [-0.25, -0.2) is 0 Å². The van der Waals surface area contributed by atoms with Crippen LogP contribution in [0.2, 0.25) is 0 Å². The number of nitrogens with one attached hydrogen (secondary N) is 1. The average Bonchev–Trinajstić information content (AvgIpc) is 2.47. The number of rotatable bonds is 7. The second kappa shape index (κ2) is 7.72. The molecule has 1 atom stereocenters. The Morgan fingerprint density at radius 3 is 2.05 bits per heavy atom. The minimum absolute atomic E-state index is 0.288. The maximum Gasteiger partial charge on any atom is 0.0667 e. The molecule has 2 aromatic rings. The topological polar surface area (TPSA) is 32.3 Å². The molecular weight excluding hydrogens is 234 g/mol. The third kappa shape index (κ3) is 5.25. The summed E-state index contributed by atoms with van der Waals surface area (Å²) in [7, 11) is 0. The Hall–Kier alpha value is -1.64. The van der Waals surface area contributed by atoms with Crippen molar-refractivity contribution in [2.75, 3.05) is 6.54 Å². The van der Waals surface area contributed by atoms with E-state index in [-0.39, 0.29) is 6.10 Å². The number of hydrogen-bond donors (Lipinski definition) is 2. The molecule has 0 saturated heterocycles. The van der Waals surface area contributed by atoms with Gasteiger partial charge >= 0.3 is 0 Å². The number of aryl methyl sites for hydroxylation is 1. The van der Waals surface area contributed by atoms with Crippen molar-refractivity contribution in [1.29, 1.82) is 0 Å². The maximum absolute atomic E-state index is 9.93. The van der Waals surface area contributed by atoms with E-state index in [1.807, 2.05) is 36.4 Å². The molecule has 0 saturated carbocycles. The van der Waals surface area contributed by atoms with Gasteiger partial charge in [0.25, 0.3) is 0 Å². The van der Waals surface area contributed by atoms with Crippen LogP contribution >= 0.6 is 0 Å². The molecule has 0 radical (unpaired) electrons. The van der Waals surface area contributed by atoms with E-state index in [1.165, 1.54) is 11.1 Å². The number of hydrogen-bond acceptors (Lipinski definition) is 2. The van der Waals surface area contributed by atoms with E-state index in [0.29, 0.717) is 6.54 Å². The van der Waals surface area contributed by atoms with Crippen LogP contribution in [-0.2, 0) is 13.0 Å². The average molecular weight is 255 g/mol. The van der Waals surface area contributed by atoms with E-state index < -0.39 is 0 Å². The zero-order valence-electron chi connectivity index (χ0n) is 11.1. The highest BCUT2D eigenvalue weighted by molar-refractivity contribution is 5.15. The van der Waals surface area contributed by atoms with Gasteiger partial charge in [0.15, 0.2) is 0 Å². The lowest BCUT2D eigenvalue weighted by Crippen LogP contribution is -2.26. The molecule has 0 aliphatic carbocycles. The van der Waals surface area contributed by atoms with Crippen molar-refractivity contribution in [2.45, 2.75) is 25.5 Å². The first-order chi connectivity index (χ1) is 9.34. The molecule has 0 aliphatic rings. The first-order valence-corrected chi connectivity index (χ1v) is 6.81. The third-order valence-corrected chi connectivity index (χ3v) is 3.16. The van der Waals surface area contributed by atoms with Gasteiger partial charge in [0.2, 0.25) is 0 Å². The quantitative estimate of drug-likeness (QED) is 0.797. The summed E-state index contributed by atoms with van der Waals surface area (Å²) in [6.45, 7) is 1.45. The van der Waals surface area contributed by atoms with Crippen LogP contribution in [0.4, 0.5) is 0 Å². The molecule has 19 heavy (non-hydrogen) atoms. The zero-order chi connectivity index (χ0) is 13.3. The molecule has 0 spiro atoms. The Bertz CT molecular complexity index is 455. The highest BCUT2D eigenvalue weighted by atomic mass is 16.3. The van der Waals surface area contributed by atoms with Crippen molar-refractivity contribution < 1.29 is 5.11 Å². The van der Waals surface area contributed by atoms with Gasteiger partial charge in [-0.3, -0.25) is 0 Å². The van der Waals surface area contributed by atoms with E-state index in [1.54, 1.807) is 0 Å². The van der Waals surface area contributed by atoms with Crippen molar-refractivity contribution in [1.82, 2.24) is 5.32 Å². The van der Waals surface area contributed by atoms with Gasteiger partial charge < -0.3 is 10.4 Å². The lowest BCUT2D eigenvalue weighted by molar-refractivity contribution is 0.161. The van der Waals surface area contributed by atoms with Gasteiger partial charge in [-0.2, -0.15) is 0 Å². The Balaban J connectivity index is 1.64. The second-order valence-corrected chi connectivity index (χ2v) is 4.79. The predicted molar refractivity (Wildman–Crippen MR) is 78.9 cm³/mol. The molecule has 1 unspecified atom stereocenters. The Labute approximate surface area is 115 Å². The molecular formula is C17H21NO. The number of aliphatic hydroxyl groups is 1. The van der Waals surface area contributed by atoms with Crippen LogP contribution in [0.5, 0.6) is 0 Å². The molecule has 0 bridgehead atoms. The Kier molecular flexibility index (Phi) is 5.60. The van der Waals surface area contributed by atoms with Crippen molar-refractivity contribution >= 4 is 0 Å². The lowest BCUT2D eigenvalue weighted by atomic mass is 10.1. The van der Waals surface area contributed by atoms with E-state index in [0.717, 1.165) is 19.4 Å². The summed E-state index contributed by atoms with van der Waals surface area (Å²) >= 11 is 0. The van der Waals surface area contributed by atoms with E-state index in [9.17, 15) is 5.11 Å². The summed E-state index contributed by atoms with van der Waals surface area (Å²) in [6.07, 6.45) is 1.44. The lowest BCUT2D eigenvalue weighted by Gasteiger charge is -2.12. The van der Waals surface area contributed by atoms with Crippen LogP contribution in [0.1, 0.15) is 17.5 Å². The molecule has 0 heterocycles. The molecule has 2 aromatic carbocycles. The molecule has 2 N–H and O–H groups in total. The van der Waals surface area contributed by atoms with Gasteiger partial charge in [-0.1, -0.05) is 60.7 Å². The Morgan fingerprint density at radius 1 is 0.842 bits per heavy atom. The van der Waals surface area contributed by atoms with Crippen molar-refractivity contribution in [3.63, 3.8) is 0 Å². The van der Waals surface area contributed by atoms with Crippen LogP contribution in [0.25, 0.3) is 0 Å². The second-order valence-electron chi connectivity index (χ2n) is 4.79. The van der Waals surface area contributed by atoms with Gasteiger partial charge in [0.05, 0.1) is 6.10 Å². The minimum atomic E-state index is -0.288. The largest absolute Gasteiger partial charge is 0.392 e. The molecule has 0 aromatic heterocycles. The SMILES string of the molecule is OC(CCc1ccccc1)CNCc1ccccc1. The van der Waals surface area contributed by atoms with Crippen molar-refractivity contribution in [3.8, 4) is 0 Å². The fraction of sp³-hybridized carbons (Fsp3) is 0.294. The van der Waals surface area contributed by atoms with Gasteiger partial charge in [0, 0.05) is 13.1 Å². The number of aliphatic hydroxyl groups excluding tert-OH is 1. The Morgan fingerprint density at radius 2 is 1.42 bits per heavy atom. The molecule has 2 rings (SSSR count). The molecule has 0 fully saturated rings. The normalized spacial score (nSPS) is 12.3. The monoisotopic (exact) mass is 255 g/mol. The maximum atomic E-state index is 9.93. The summed E-state index contributed by atoms with van der Waals surface area (Å²) in [4.78, 5) is 0. The molecule has 0 amide bonds. The molecule has 100 valence electrons. The summed E-state index contributed by atoms with van der Waals surface area (Å²) in [5.41, 5.74) is 2.53. The first kappa shape index (κ1) is 13.8.